The second-order valence-corrected chi connectivity index (χ2v) is 8.67. The molecular weight excluding hydrogens is 471 g/mol. The van der Waals surface area contributed by atoms with Crippen LogP contribution in [0, 0.1) is 5.82 Å². The number of carbonyl (C=O) groups is 3. The highest BCUT2D eigenvalue weighted by Crippen LogP contribution is 2.29. The molecule has 182 valence electrons. The largest absolute Gasteiger partial charge is 0.442 e. The number of hydrogen-bond donors (Lipinski definition) is 2. The Morgan fingerprint density at radius 1 is 1.26 bits per heavy atom. The lowest BCUT2D eigenvalue weighted by Gasteiger charge is -2.14. The summed E-state index contributed by atoms with van der Waals surface area (Å²) in [6.45, 7) is 4.33. The Labute approximate surface area is 207 Å². The van der Waals surface area contributed by atoms with Gasteiger partial charge in [-0.1, -0.05) is 31.2 Å². The van der Waals surface area contributed by atoms with E-state index < -0.39 is 18.0 Å². The van der Waals surface area contributed by atoms with Crippen molar-refractivity contribution < 1.29 is 23.5 Å². The van der Waals surface area contributed by atoms with Crippen LogP contribution in [-0.2, 0) is 14.3 Å². The Morgan fingerprint density at radius 3 is 2.66 bits per heavy atom. The van der Waals surface area contributed by atoms with Gasteiger partial charge in [0.2, 0.25) is 5.91 Å². The highest BCUT2D eigenvalue weighted by atomic mass is 32.1. The van der Waals surface area contributed by atoms with Crippen LogP contribution in [0.3, 0.4) is 0 Å². The first-order valence-corrected chi connectivity index (χ1v) is 11.6. The molecule has 2 saturated heterocycles. The maximum Gasteiger partial charge on any atom is 0.414 e. The average molecular weight is 497 g/mol. The first-order chi connectivity index (χ1) is 16.8. The van der Waals surface area contributed by atoms with E-state index in [-0.39, 0.29) is 24.9 Å². The summed E-state index contributed by atoms with van der Waals surface area (Å²) < 4.78 is 20.2. The number of benzene rings is 2. The van der Waals surface area contributed by atoms with E-state index in [0.29, 0.717) is 34.2 Å². The van der Waals surface area contributed by atoms with Gasteiger partial charge in [0.25, 0.3) is 5.91 Å². The molecule has 3 amide bonds. The standard InChI is InChI=1S/C25H25FN4O4S/c1-3-10-29-23(32)22(28-24(29)35)11-16-4-6-17(7-5-16)20-9-8-18(12-21(20)26)30-14-19(34-25(30)33)13-27-15(2)31/h4-9,11-12,19H,3,10,13-14H2,1-2H3,(H,27,31)(H,28,35)/b22-11-/t19-/m0/s1. The van der Waals surface area contributed by atoms with E-state index in [1.807, 2.05) is 6.92 Å². The van der Waals surface area contributed by atoms with Gasteiger partial charge in [0, 0.05) is 19.0 Å². The van der Waals surface area contributed by atoms with E-state index in [2.05, 4.69) is 10.6 Å². The molecule has 2 heterocycles. The van der Waals surface area contributed by atoms with Gasteiger partial charge in [-0.25, -0.2) is 9.18 Å². The molecule has 0 spiro atoms. The maximum atomic E-state index is 15.0. The fourth-order valence-electron chi connectivity index (χ4n) is 3.93. The molecule has 0 saturated carbocycles. The zero-order chi connectivity index (χ0) is 25.1. The molecule has 0 radical (unpaired) electrons. The number of nitrogens with one attached hydrogen (secondary N) is 2. The van der Waals surface area contributed by atoms with E-state index in [1.54, 1.807) is 42.5 Å². The minimum Gasteiger partial charge on any atom is -0.442 e. The number of rotatable bonds is 7. The fourth-order valence-corrected chi connectivity index (χ4v) is 4.21. The molecule has 2 aliphatic heterocycles. The highest BCUT2D eigenvalue weighted by Gasteiger charge is 2.33. The van der Waals surface area contributed by atoms with Gasteiger partial charge in [0.1, 0.15) is 17.6 Å². The molecule has 2 aromatic rings. The number of carbonyl (C=O) groups excluding carboxylic acids is 3. The van der Waals surface area contributed by atoms with Crippen LogP contribution in [0.1, 0.15) is 25.8 Å². The number of amides is 3. The number of anilines is 1. The molecule has 2 N–H and O–H groups in total. The summed E-state index contributed by atoms with van der Waals surface area (Å²) in [5.74, 6) is -0.868. The van der Waals surface area contributed by atoms with E-state index in [0.717, 1.165) is 12.0 Å². The first-order valence-electron chi connectivity index (χ1n) is 11.2. The number of hydrogen-bond acceptors (Lipinski definition) is 5. The molecule has 2 fully saturated rings. The molecule has 0 unspecified atom stereocenters. The molecule has 10 heteroatoms. The minimum atomic E-state index is -0.586. The second-order valence-electron chi connectivity index (χ2n) is 8.28. The summed E-state index contributed by atoms with van der Waals surface area (Å²) in [4.78, 5) is 38.6. The zero-order valence-corrected chi connectivity index (χ0v) is 20.2. The molecule has 8 nitrogen and oxygen atoms in total. The molecule has 4 rings (SSSR count). The van der Waals surface area contributed by atoms with Crippen LogP contribution in [-0.4, -0.2) is 53.7 Å². The number of ether oxygens (including phenoxy) is 1. The molecular formula is C25H25FN4O4S. The van der Waals surface area contributed by atoms with Gasteiger partial charge in [-0.15, -0.1) is 0 Å². The van der Waals surface area contributed by atoms with Crippen LogP contribution < -0.4 is 15.5 Å². The summed E-state index contributed by atoms with van der Waals surface area (Å²) in [5.41, 5.74) is 2.58. The van der Waals surface area contributed by atoms with Crippen molar-refractivity contribution in [2.75, 3.05) is 24.5 Å². The summed E-state index contributed by atoms with van der Waals surface area (Å²) >= 11 is 5.22. The maximum absolute atomic E-state index is 15.0. The predicted molar refractivity (Wildman–Crippen MR) is 134 cm³/mol. The van der Waals surface area contributed by atoms with E-state index in [9.17, 15) is 18.8 Å². The van der Waals surface area contributed by atoms with Crippen LogP contribution in [0.5, 0.6) is 0 Å². The van der Waals surface area contributed by atoms with Crippen molar-refractivity contribution in [3.63, 3.8) is 0 Å². The lowest BCUT2D eigenvalue weighted by Crippen LogP contribution is -2.33. The van der Waals surface area contributed by atoms with E-state index in [4.69, 9.17) is 17.0 Å². The van der Waals surface area contributed by atoms with E-state index in [1.165, 1.54) is 22.8 Å². The van der Waals surface area contributed by atoms with Gasteiger partial charge in [-0.05, 0) is 54.0 Å². The van der Waals surface area contributed by atoms with Crippen molar-refractivity contribution in [3.8, 4) is 11.1 Å². The fraction of sp³-hybridized carbons (Fsp3) is 0.280. The SMILES string of the molecule is CCCN1C(=O)/C(=C/c2ccc(-c3ccc(N4C[C@H](CNC(C)=O)OC4=O)cc3F)cc2)NC1=S. The second kappa shape index (κ2) is 10.2. The van der Waals surface area contributed by atoms with Crippen molar-refractivity contribution in [2.45, 2.75) is 26.4 Å². The lowest BCUT2D eigenvalue weighted by atomic mass is 10.0. The average Bonchev–Trinajstić information content (AvgIpc) is 3.32. The van der Waals surface area contributed by atoms with Gasteiger partial charge >= 0.3 is 6.09 Å². The molecule has 2 aliphatic rings. The Hall–Kier alpha value is -3.79. The molecule has 0 bridgehead atoms. The topological polar surface area (TPSA) is 91.0 Å². The number of nitrogens with zero attached hydrogens (tertiary/aromatic N) is 2. The van der Waals surface area contributed by atoms with Gasteiger partial charge in [0.05, 0.1) is 18.8 Å². The molecule has 2 aromatic carbocycles. The smallest absolute Gasteiger partial charge is 0.414 e. The third-order valence-corrected chi connectivity index (χ3v) is 5.98. The van der Waals surface area contributed by atoms with Crippen molar-refractivity contribution in [2.24, 2.45) is 0 Å². The van der Waals surface area contributed by atoms with E-state index >= 15 is 0 Å². The lowest BCUT2D eigenvalue weighted by molar-refractivity contribution is -0.122. The van der Waals surface area contributed by atoms with Crippen LogP contribution in [0.15, 0.2) is 48.2 Å². The van der Waals surface area contributed by atoms with Crippen LogP contribution in [0.2, 0.25) is 0 Å². The highest BCUT2D eigenvalue weighted by molar-refractivity contribution is 7.80. The Balaban J connectivity index is 1.47. The third-order valence-electron chi connectivity index (χ3n) is 5.66. The van der Waals surface area contributed by atoms with Crippen molar-refractivity contribution in [3.05, 3.63) is 59.5 Å². The normalized spacial score (nSPS) is 18.8. The zero-order valence-electron chi connectivity index (χ0n) is 19.3. The van der Waals surface area contributed by atoms with Gasteiger partial charge in [0.15, 0.2) is 5.11 Å². The van der Waals surface area contributed by atoms with Crippen molar-refractivity contribution in [1.82, 2.24) is 15.5 Å². The van der Waals surface area contributed by atoms with Crippen molar-refractivity contribution in [1.29, 1.82) is 0 Å². The Bertz CT molecular complexity index is 1210. The quantitative estimate of drug-likeness (QED) is 0.451. The predicted octanol–water partition coefficient (Wildman–Crippen LogP) is 3.42. The molecule has 0 aliphatic carbocycles. The summed E-state index contributed by atoms with van der Waals surface area (Å²) in [5, 5.41) is 5.94. The van der Waals surface area contributed by atoms with Crippen LogP contribution in [0.4, 0.5) is 14.9 Å². The Kier molecular flexibility index (Phi) is 7.11. The summed E-state index contributed by atoms with van der Waals surface area (Å²) in [6, 6.07) is 11.7. The molecule has 0 aromatic heterocycles. The molecule has 1 atom stereocenters. The number of cyclic esters (lactones) is 1. The third kappa shape index (κ3) is 5.32. The minimum absolute atomic E-state index is 0.165. The van der Waals surface area contributed by atoms with Crippen LogP contribution in [0.25, 0.3) is 17.2 Å². The monoisotopic (exact) mass is 496 g/mol. The molecule has 35 heavy (non-hydrogen) atoms. The van der Waals surface area contributed by atoms with Crippen LogP contribution >= 0.6 is 12.2 Å². The summed E-state index contributed by atoms with van der Waals surface area (Å²) in [6.07, 6.45) is 1.43. The van der Waals surface area contributed by atoms with Crippen molar-refractivity contribution >= 4 is 47.0 Å². The number of halogens is 1. The number of thiocarbonyl (C=S) groups is 1. The van der Waals surface area contributed by atoms with Gasteiger partial charge in [-0.2, -0.15) is 0 Å². The summed E-state index contributed by atoms with van der Waals surface area (Å²) in [7, 11) is 0. The first kappa shape index (κ1) is 24.3. The Morgan fingerprint density at radius 2 is 2.00 bits per heavy atom. The van der Waals surface area contributed by atoms with Gasteiger partial charge < -0.3 is 15.4 Å². The van der Waals surface area contributed by atoms with Gasteiger partial charge in [-0.3, -0.25) is 19.4 Å².